The van der Waals surface area contributed by atoms with E-state index in [0.29, 0.717) is 46.9 Å². The molecule has 206 valence electrons. The third-order valence-corrected chi connectivity index (χ3v) is 7.71. The molecular formula is C33H34N2O5. The van der Waals surface area contributed by atoms with Crippen LogP contribution in [0.1, 0.15) is 48.3 Å². The summed E-state index contributed by atoms with van der Waals surface area (Å²) in [6.45, 7) is 3.92. The van der Waals surface area contributed by atoms with Crippen molar-refractivity contribution in [1.29, 1.82) is 0 Å². The summed E-state index contributed by atoms with van der Waals surface area (Å²) in [7, 11) is 4.81. The van der Waals surface area contributed by atoms with Crippen LogP contribution in [0.25, 0.3) is 0 Å². The van der Waals surface area contributed by atoms with Gasteiger partial charge in [0, 0.05) is 40.6 Å². The minimum Gasteiger partial charge on any atom is -0.497 e. The van der Waals surface area contributed by atoms with Crippen LogP contribution in [0, 0.1) is 6.92 Å². The number of rotatable bonds is 7. The third kappa shape index (κ3) is 5.19. The molecule has 3 aromatic carbocycles. The minimum absolute atomic E-state index is 0.0281. The lowest BCUT2D eigenvalue weighted by Gasteiger charge is -2.37. The van der Waals surface area contributed by atoms with Crippen molar-refractivity contribution in [3.8, 4) is 17.2 Å². The average molecular weight is 539 g/mol. The Labute approximate surface area is 234 Å². The number of aryl methyl sites for hydroxylation is 1. The number of dihydropyridines is 1. The van der Waals surface area contributed by atoms with Crippen LogP contribution in [-0.2, 0) is 9.59 Å². The van der Waals surface area contributed by atoms with Gasteiger partial charge in [0.1, 0.15) is 5.75 Å². The smallest absolute Gasteiger partial charge is 0.254 e. The number of Topliss-reactive ketones (excluding diaryl/α,β-unsaturated/α-hetero) is 1. The predicted octanol–water partition coefficient (Wildman–Crippen LogP) is 6.02. The SMILES string of the molecule is COc1ccc(NC(=O)C2=C(C)NC3=C(C(=O)C[C@H](c4ccc(OC)c(OC)c4)C3)[C@H]2c2ccc(C)cc2)cc1. The van der Waals surface area contributed by atoms with Crippen molar-refractivity contribution in [3.63, 3.8) is 0 Å². The second-order valence-corrected chi connectivity index (χ2v) is 10.2. The number of anilines is 1. The van der Waals surface area contributed by atoms with E-state index in [2.05, 4.69) is 10.6 Å². The zero-order valence-electron chi connectivity index (χ0n) is 23.5. The van der Waals surface area contributed by atoms with Crippen molar-refractivity contribution in [1.82, 2.24) is 5.32 Å². The van der Waals surface area contributed by atoms with Crippen molar-refractivity contribution in [2.75, 3.05) is 26.6 Å². The van der Waals surface area contributed by atoms with Crippen LogP contribution < -0.4 is 24.8 Å². The van der Waals surface area contributed by atoms with E-state index in [1.54, 1.807) is 45.6 Å². The number of hydrogen-bond acceptors (Lipinski definition) is 6. The molecule has 1 amide bonds. The van der Waals surface area contributed by atoms with Crippen LogP contribution in [0.4, 0.5) is 5.69 Å². The van der Waals surface area contributed by atoms with Gasteiger partial charge >= 0.3 is 0 Å². The van der Waals surface area contributed by atoms with Gasteiger partial charge in [-0.25, -0.2) is 0 Å². The van der Waals surface area contributed by atoms with Crippen molar-refractivity contribution in [3.05, 3.63) is 106 Å². The maximum Gasteiger partial charge on any atom is 0.254 e. The van der Waals surface area contributed by atoms with Crippen LogP contribution in [0.5, 0.6) is 17.2 Å². The second kappa shape index (κ2) is 11.3. The van der Waals surface area contributed by atoms with Crippen molar-refractivity contribution >= 4 is 17.4 Å². The molecule has 0 saturated heterocycles. The van der Waals surface area contributed by atoms with E-state index in [1.165, 1.54) is 0 Å². The van der Waals surface area contributed by atoms with Gasteiger partial charge in [0.25, 0.3) is 5.91 Å². The number of methoxy groups -OCH3 is 3. The molecule has 0 unspecified atom stereocenters. The maximum atomic E-state index is 13.9. The van der Waals surface area contributed by atoms with E-state index in [1.807, 2.05) is 56.3 Å². The van der Waals surface area contributed by atoms with Gasteiger partial charge in [0.15, 0.2) is 17.3 Å². The van der Waals surface area contributed by atoms with Crippen LogP contribution >= 0.6 is 0 Å². The van der Waals surface area contributed by atoms with E-state index in [0.717, 1.165) is 28.1 Å². The van der Waals surface area contributed by atoms with E-state index >= 15 is 0 Å². The van der Waals surface area contributed by atoms with Crippen LogP contribution in [-0.4, -0.2) is 33.0 Å². The Morgan fingerprint density at radius 1 is 0.825 bits per heavy atom. The number of nitrogens with one attached hydrogen (secondary N) is 2. The number of ketones is 1. The number of carbonyl (C=O) groups excluding carboxylic acids is 2. The lowest BCUT2D eigenvalue weighted by Crippen LogP contribution is -2.37. The van der Waals surface area contributed by atoms with Gasteiger partial charge in [-0.05, 0) is 73.7 Å². The van der Waals surface area contributed by atoms with Crippen molar-refractivity contribution in [2.24, 2.45) is 0 Å². The summed E-state index contributed by atoms with van der Waals surface area (Å²) in [6, 6.07) is 21.1. The van der Waals surface area contributed by atoms with Gasteiger partial charge in [-0.15, -0.1) is 0 Å². The number of ether oxygens (including phenoxy) is 3. The summed E-state index contributed by atoms with van der Waals surface area (Å²) in [5, 5.41) is 6.47. The molecule has 0 radical (unpaired) electrons. The lowest BCUT2D eigenvalue weighted by atomic mass is 9.71. The first-order valence-corrected chi connectivity index (χ1v) is 13.3. The first kappa shape index (κ1) is 27.1. The molecule has 0 fully saturated rings. The third-order valence-electron chi connectivity index (χ3n) is 7.71. The lowest BCUT2D eigenvalue weighted by molar-refractivity contribution is -0.116. The average Bonchev–Trinajstić information content (AvgIpc) is 2.96. The number of allylic oxidation sites excluding steroid dienone is 3. The van der Waals surface area contributed by atoms with E-state index in [-0.39, 0.29) is 17.6 Å². The van der Waals surface area contributed by atoms with Gasteiger partial charge in [0.2, 0.25) is 0 Å². The fraction of sp³-hybridized carbons (Fsp3) is 0.273. The zero-order chi connectivity index (χ0) is 28.4. The van der Waals surface area contributed by atoms with Crippen LogP contribution in [0.3, 0.4) is 0 Å². The highest BCUT2D eigenvalue weighted by Crippen LogP contribution is 2.46. The summed E-state index contributed by atoms with van der Waals surface area (Å²) >= 11 is 0. The molecule has 2 N–H and O–H groups in total. The van der Waals surface area contributed by atoms with E-state index in [4.69, 9.17) is 14.2 Å². The van der Waals surface area contributed by atoms with Gasteiger partial charge in [-0.3, -0.25) is 9.59 Å². The fourth-order valence-electron chi connectivity index (χ4n) is 5.65. The quantitative estimate of drug-likeness (QED) is 0.383. The molecule has 2 aliphatic rings. The topological polar surface area (TPSA) is 85.9 Å². The first-order valence-electron chi connectivity index (χ1n) is 13.3. The minimum atomic E-state index is -0.478. The largest absolute Gasteiger partial charge is 0.497 e. The molecule has 40 heavy (non-hydrogen) atoms. The van der Waals surface area contributed by atoms with Gasteiger partial charge in [-0.1, -0.05) is 35.9 Å². The highest BCUT2D eigenvalue weighted by Gasteiger charge is 2.41. The van der Waals surface area contributed by atoms with Gasteiger partial charge in [-0.2, -0.15) is 0 Å². The number of hydrogen-bond donors (Lipinski definition) is 2. The summed E-state index contributed by atoms with van der Waals surface area (Å²) in [4.78, 5) is 27.7. The van der Waals surface area contributed by atoms with Crippen molar-refractivity contribution in [2.45, 2.75) is 38.5 Å². The van der Waals surface area contributed by atoms with Crippen LogP contribution in [0.2, 0.25) is 0 Å². The Morgan fingerprint density at radius 2 is 1.50 bits per heavy atom. The Bertz CT molecular complexity index is 1500. The summed E-state index contributed by atoms with van der Waals surface area (Å²) in [6.07, 6.45) is 0.981. The molecule has 3 aromatic rings. The molecule has 0 aromatic heterocycles. The molecule has 1 aliphatic carbocycles. The molecule has 1 aliphatic heterocycles. The monoisotopic (exact) mass is 538 g/mol. The number of amides is 1. The summed E-state index contributed by atoms with van der Waals surface area (Å²) < 4.78 is 16.1. The normalized spacial score (nSPS) is 18.6. The Morgan fingerprint density at radius 3 is 2.15 bits per heavy atom. The molecule has 0 spiro atoms. The van der Waals surface area contributed by atoms with E-state index < -0.39 is 5.92 Å². The number of carbonyl (C=O) groups is 2. The first-order chi connectivity index (χ1) is 19.3. The summed E-state index contributed by atoms with van der Waals surface area (Å²) in [5.41, 5.74) is 6.48. The molecule has 7 heteroatoms. The Hall–Kier alpha value is -4.52. The predicted molar refractivity (Wildman–Crippen MR) is 155 cm³/mol. The standard InChI is InChI=1S/C33H34N2O5/c1-19-6-8-21(9-7-19)31-30(33(37)35-24-11-13-25(38-3)14-12-24)20(2)34-26-16-23(17-27(36)32(26)31)22-10-15-28(39-4)29(18-22)40-5/h6-15,18,23,31,34H,16-17H2,1-5H3,(H,35,37)/t23-,31+/m1/s1. The molecule has 5 rings (SSSR count). The Kier molecular flexibility index (Phi) is 7.65. The van der Waals surface area contributed by atoms with Gasteiger partial charge < -0.3 is 24.8 Å². The maximum absolute atomic E-state index is 13.9. The van der Waals surface area contributed by atoms with Crippen molar-refractivity contribution < 1.29 is 23.8 Å². The molecule has 2 atom stereocenters. The van der Waals surface area contributed by atoms with Gasteiger partial charge in [0.05, 0.1) is 21.3 Å². The molecule has 0 saturated carbocycles. The summed E-state index contributed by atoms with van der Waals surface area (Å²) in [5.74, 6) is 1.26. The fourth-order valence-corrected chi connectivity index (χ4v) is 5.65. The van der Waals surface area contributed by atoms with Crippen LogP contribution in [0.15, 0.2) is 89.3 Å². The Balaban J connectivity index is 1.52. The number of benzene rings is 3. The molecule has 0 bridgehead atoms. The highest BCUT2D eigenvalue weighted by atomic mass is 16.5. The second-order valence-electron chi connectivity index (χ2n) is 10.2. The van der Waals surface area contributed by atoms with E-state index in [9.17, 15) is 9.59 Å². The zero-order valence-corrected chi connectivity index (χ0v) is 23.5. The molecule has 7 nitrogen and oxygen atoms in total. The highest BCUT2D eigenvalue weighted by molar-refractivity contribution is 6.10. The molecule has 1 heterocycles. The molecular weight excluding hydrogens is 504 g/mol.